The molecular weight excluding hydrogens is 232 g/mol. The van der Waals surface area contributed by atoms with Crippen molar-refractivity contribution in [3.63, 3.8) is 0 Å². The van der Waals surface area contributed by atoms with Gasteiger partial charge in [-0.2, -0.15) is 0 Å². The van der Waals surface area contributed by atoms with E-state index in [0.29, 0.717) is 12.1 Å². The van der Waals surface area contributed by atoms with Crippen molar-refractivity contribution in [3.8, 4) is 5.75 Å². The van der Waals surface area contributed by atoms with Gasteiger partial charge in [0, 0.05) is 11.6 Å². The van der Waals surface area contributed by atoms with Crippen LogP contribution in [-0.2, 0) is 6.54 Å². The molecule has 1 aromatic heterocycles. The van der Waals surface area contributed by atoms with E-state index in [1.54, 1.807) is 14.0 Å². The first-order chi connectivity index (χ1) is 8.60. The zero-order valence-corrected chi connectivity index (χ0v) is 10.3. The number of hydrogen-bond acceptors (Lipinski definition) is 3. The van der Waals surface area contributed by atoms with Crippen molar-refractivity contribution in [2.24, 2.45) is 0 Å². The van der Waals surface area contributed by atoms with E-state index >= 15 is 0 Å². The molecule has 0 aliphatic carbocycles. The minimum absolute atomic E-state index is 0.220. The number of aromatic amines is 1. The van der Waals surface area contributed by atoms with E-state index in [-0.39, 0.29) is 11.1 Å². The number of rotatable bonds is 3. The van der Waals surface area contributed by atoms with Crippen LogP contribution in [0.2, 0.25) is 0 Å². The van der Waals surface area contributed by atoms with Gasteiger partial charge >= 0.3 is 0 Å². The van der Waals surface area contributed by atoms with Gasteiger partial charge in [0.05, 0.1) is 13.7 Å². The van der Waals surface area contributed by atoms with E-state index in [9.17, 15) is 9.59 Å². The second kappa shape index (κ2) is 4.91. The summed E-state index contributed by atoms with van der Waals surface area (Å²) in [6.45, 7) is 1.94. The van der Waals surface area contributed by atoms with Crippen molar-refractivity contribution in [2.45, 2.75) is 13.5 Å². The minimum Gasteiger partial charge on any atom is -0.497 e. The summed E-state index contributed by atoms with van der Waals surface area (Å²) in [7, 11) is 1.59. The fourth-order valence-electron chi connectivity index (χ4n) is 1.63. The molecule has 5 heteroatoms. The van der Waals surface area contributed by atoms with Gasteiger partial charge in [-0.15, -0.1) is 0 Å². The third-order valence-corrected chi connectivity index (χ3v) is 2.70. The van der Waals surface area contributed by atoms with E-state index in [0.717, 1.165) is 11.3 Å². The lowest BCUT2D eigenvalue weighted by atomic mass is 10.2. The third kappa shape index (κ3) is 2.51. The molecule has 5 nitrogen and oxygen atoms in total. The number of aromatic nitrogens is 2. The van der Waals surface area contributed by atoms with Crippen LogP contribution >= 0.6 is 0 Å². The first kappa shape index (κ1) is 12.2. The maximum absolute atomic E-state index is 11.7. The highest BCUT2D eigenvalue weighted by Gasteiger charge is 2.02. The Hall–Kier alpha value is -2.30. The molecule has 18 heavy (non-hydrogen) atoms. The first-order valence-electron chi connectivity index (χ1n) is 5.54. The fourth-order valence-corrected chi connectivity index (χ4v) is 1.63. The van der Waals surface area contributed by atoms with Crippen LogP contribution in [0.3, 0.4) is 0 Å². The van der Waals surface area contributed by atoms with Crippen LogP contribution < -0.4 is 15.9 Å². The molecule has 0 aliphatic heterocycles. The number of nitrogens with zero attached hydrogens (tertiary/aromatic N) is 1. The lowest BCUT2D eigenvalue weighted by Crippen LogP contribution is -2.30. The Morgan fingerprint density at radius 2 is 1.89 bits per heavy atom. The highest BCUT2D eigenvalue weighted by atomic mass is 16.5. The average Bonchev–Trinajstić information content (AvgIpc) is 2.37. The van der Waals surface area contributed by atoms with Crippen molar-refractivity contribution in [1.82, 2.24) is 9.78 Å². The molecule has 0 radical (unpaired) electrons. The zero-order chi connectivity index (χ0) is 13.1. The molecule has 0 spiro atoms. The van der Waals surface area contributed by atoms with Gasteiger partial charge in [0.15, 0.2) is 0 Å². The lowest BCUT2D eigenvalue weighted by molar-refractivity contribution is 0.414. The zero-order valence-electron chi connectivity index (χ0n) is 10.3. The number of ether oxygens (including phenoxy) is 1. The molecule has 1 aromatic carbocycles. The van der Waals surface area contributed by atoms with Gasteiger partial charge in [-0.25, -0.2) is 4.68 Å². The third-order valence-electron chi connectivity index (χ3n) is 2.70. The van der Waals surface area contributed by atoms with Crippen molar-refractivity contribution >= 4 is 0 Å². The number of benzene rings is 1. The molecule has 2 aromatic rings. The topological polar surface area (TPSA) is 64.1 Å². The lowest BCUT2D eigenvalue weighted by Gasteiger charge is -2.06. The van der Waals surface area contributed by atoms with Gasteiger partial charge in [-0.05, 0) is 24.6 Å². The van der Waals surface area contributed by atoms with Gasteiger partial charge in [-0.3, -0.25) is 14.7 Å². The summed E-state index contributed by atoms with van der Waals surface area (Å²) in [5.74, 6) is 0.753. The van der Waals surface area contributed by atoms with Crippen molar-refractivity contribution in [2.75, 3.05) is 7.11 Å². The molecule has 94 valence electrons. The van der Waals surface area contributed by atoms with E-state index < -0.39 is 0 Å². The Morgan fingerprint density at radius 1 is 1.22 bits per heavy atom. The quantitative estimate of drug-likeness (QED) is 0.875. The predicted octanol–water partition coefficient (Wildman–Crippen LogP) is 0.902. The van der Waals surface area contributed by atoms with Gasteiger partial charge in [0.25, 0.3) is 11.1 Å². The Labute approximate surface area is 104 Å². The molecule has 0 fully saturated rings. The average molecular weight is 246 g/mol. The standard InChI is InChI=1S/C13H14N2O3/c1-9-7-12(16)15(14-13(9)17)8-10-3-5-11(18-2)6-4-10/h3-7H,8H2,1-2H3,(H,14,17). The molecule has 0 bridgehead atoms. The van der Waals surface area contributed by atoms with Crippen LogP contribution in [0.4, 0.5) is 0 Å². The molecule has 2 rings (SSSR count). The minimum atomic E-state index is -0.247. The predicted molar refractivity (Wildman–Crippen MR) is 68.2 cm³/mol. The van der Waals surface area contributed by atoms with E-state index in [1.807, 2.05) is 24.3 Å². The van der Waals surface area contributed by atoms with Crippen molar-refractivity contribution in [1.29, 1.82) is 0 Å². The number of methoxy groups -OCH3 is 1. The van der Waals surface area contributed by atoms with E-state index in [1.165, 1.54) is 10.7 Å². The normalized spacial score (nSPS) is 10.3. The fraction of sp³-hybridized carbons (Fsp3) is 0.231. The van der Waals surface area contributed by atoms with Crippen molar-refractivity contribution < 1.29 is 4.74 Å². The summed E-state index contributed by atoms with van der Waals surface area (Å²) >= 11 is 0. The summed E-state index contributed by atoms with van der Waals surface area (Å²) < 4.78 is 6.34. The molecule has 0 saturated heterocycles. The highest BCUT2D eigenvalue weighted by molar-refractivity contribution is 5.27. The molecule has 0 aliphatic rings. The van der Waals surface area contributed by atoms with Gasteiger partial charge < -0.3 is 4.74 Å². The Kier molecular flexibility index (Phi) is 3.32. The monoisotopic (exact) mass is 246 g/mol. The number of aryl methyl sites for hydroxylation is 1. The summed E-state index contributed by atoms with van der Waals surface area (Å²) in [6, 6.07) is 8.66. The van der Waals surface area contributed by atoms with Crippen LogP contribution in [0.5, 0.6) is 5.75 Å². The van der Waals surface area contributed by atoms with Crippen LogP contribution in [-0.4, -0.2) is 16.9 Å². The van der Waals surface area contributed by atoms with Crippen molar-refractivity contribution in [3.05, 3.63) is 62.2 Å². The van der Waals surface area contributed by atoms with Crippen LogP contribution in [0, 0.1) is 6.92 Å². The second-order valence-electron chi connectivity index (χ2n) is 4.04. The molecule has 0 amide bonds. The van der Waals surface area contributed by atoms with Crippen LogP contribution in [0.15, 0.2) is 39.9 Å². The second-order valence-corrected chi connectivity index (χ2v) is 4.04. The SMILES string of the molecule is COc1ccc(Cn2[nH]c(=O)c(C)cc2=O)cc1. The van der Waals surface area contributed by atoms with Crippen LogP contribution in [0.1, 0.15) is 11.1 Å². The van der Waals surface area contributed by atoms with E-state index in [2.05, 4.69) is 5.10 Å². The van der Waals surface area contributed by atoms with E-state index in [4.69, 9.17) is 4.74 Å². The Morgan fingerprint density at radius 3 is 2.50 bits per heavy atom. The maximum Gasteiger partial charge on any atom is 0.265 e. The van der Waals surface area contributed by atoms with Crippen LogP contribution in [0.25, 0.3) is 0 Å². The molecule has 0 saturated carbocycles. The number of H-pyrrole nitrogens is 1. The smallest absolute Gasteiger partial charge is 0.265 e. The summed E-state index contributed by atoms with van der Waals surface area (Å²) in [5, 5.41) is 2.54. The number of hydrogen-bond donors (Lipinski definition) is 1. The molecule has 0 unspecified atom stereocenters. The highest BCUT2D eigenvalue weighted by Crippen LogP contribution is 2.11. The van der Waals surface area contributed by atoms with Gasteiger partial charge in [-0.1, -0.05) is 12.1 Å². The summed E-state index contributed by atoms with van der Waals surface area (Å²) in [6.07, 6.45) is 0. The Bertz CT molecular complexity index is 653. The Balaban J connectivity index is 2.31. The summed E-state index contributed by atoms with van der Waals surface area (Å²) in [4.78, 5) is 23.1. The maximum atomic E-state index is 11.7. The molecule has 1 N–H and O–H groups in total. The molecule has 1 heterocycles. The molecule has 0 atom stereocenters. The number of nitrogens with one attached hydrogen (secondary N) is 1. The molecular formula is C13H14N2O3. The largest absolute Gasteiger partial charge is 0.497 e. The van der Waals surface area contributed by atoms with Gasteiger partial charge in [0.1, 0.15) is 5.75 Å². The first-order valence-corrected chi connectivity index (χ1v) is 5.54. The van der Waals surface area contributed by atoms with Gasteiger partial charge in [0.2, 0.25) is 0 Å². The summed E-state index contributed by atoms with van der Waals surface area (Å²) in [5.41, 5.74) is 0.870.